The van der Waals surface area contributed by atoms with Crippen molar-refractivity contribution in [3.63, 3.8) is 0 Å². The Hall–Kier alpha value is -1.26. The molecule has 0 aromatic heterocycles. The number of methoxy groups -OCH3 is 1. The lowest BCUT2D eigenvalue weighted by Gasteiger charge is -2.21. The third-order valence-corrected chi connectivity index (χ3v) is 3.97. The maximum absolute atomic E-state index is 9.61. The van der Waals surface area contributed by atoms with Crippen molar-refractivity contribution in [2.24, 2.45) is 0 Å². The van der Waals surface area contributed by atoms with Gasteiger partial charge < -0.3 is 20.1 Å². The molecule has 0 spiro atoms. The molecule has 0 amide bonds. The predicted octanol–water partition coefficient (Wildman–Crippen LogP) is 3.17. The van der Waals surface area contributed by atoms with E-state index in [1.54, 1.807) is 13.2 Å². The molecule has 0 aliphatic rings. The first-order chi connectivity index (χ1) is 9.95. The molecule has 21 heavy (non-hydrogen) atoms. The Bertz CT molecular complexity index is 421. The summed E-state index contributed by atoms with van der Waals surface area (Å²) in [6.45, 7) is 8.71. The standard InChI is InChI=1S/C17H30N2O2/c1-13(2)19(4)11-7-6-10-18-14(3)15-8-9-16(20)17(12-15)21-5/h8-9,12-14,18,20H,6-7,10-11H2,1-5H3. The van der Waals surface area contributed by atoms with Gasteiger partial charge in [-0.15, -0.1) is 0 Å². The molecule has 1 atom stereocenters. The zero-order chi connectivity index (χ0) is 15.8. The zero-order valence-electron chi connectivity index (χ0n) is 14.0. The van der Waals surface area contributed by atoms with Gasteiger partial charge in [-0.1, -0.05) is 6.07 Å². The highest BCUT2D eigenvalue weighted by Crippen LogP contribution is 2.28. The molecule has 0 heterocycles. The number of unbranched alkanes of at least 4 members (excludes halogenated alkanes) is 1. The molecule has 0 saturated heterocycles. The molecule has 0 aliphatic carbocycles. The Morgan fingerprint density at radius 3 is 2.57 bits per heavy atom. The number of nitrogens with one attached hydrogen (secondary N) is 1. The summed E-state index contributed by atoms with van der Waals surface area (Å²) in [5.41, 5.74) is 1.13. The van der Waals surface area contributed by atoms with Gasteiger partial charge in [0.05, 0.1) is 7.11 Å². The smallest absolute Gasteiger partial charge is 0.160 e. The number of benzene rings is 1. The average molecular weight is 294 g/mol. The van der Waals surface area contributed by atoms with Crippen LogP contribution in [0.4, 0.5) is 0 Å². The number of phenols is 1. The molecule has 0 fully saturated rings. The van der Waals surface area contributed by atoms with Crippen LogP contribution in [0.5, 0.6) is 11.5 Å². The molecular formula is C17H30N2O2. The highest BCUT2D eigenvalue weighted by molar-refractivity contribution is 5.42. The van der Waals surface area contributed by atoms with Crippen LogP contribution in [0.15, 0.2) is 18.2 Å². The van der Waals surface area contributed by atoms with Crippen LogP contribution in [0, 0.1) is 0 Å². The van der Waals surface area contributed by atoms with Gasteiger partial charge in [0.1, 0.15) is 0 Å². The molecule has 120 valence electrons. The molecular weight excluding hydrogens is 264 g/mol. The first-order valence-electron chi connectivity index (χ1n) is 7.76. The molecule has 0 aliphatic heterocycles. The van der Waals surface area contributed by atoms with Crippen LogP contribution in [0.3, 0.4) is 0 Å². The molecule has 1 aromatic carbocycles. The number of hydrogen-bond acceptors (Lipinski definition) is 4. The monoisotopic (exact) mass is 294 g/mol. The second-order valence-electron chi connectivity index (χ2n) is 5.89. The summed E-state index contributed by atoms with van der Waals surface area (Å²) in [6.07, 6.45) is 2.36. The van der Waals surface area contributed by atoms with Crippen molar-refractivity contribution in [1.82, 2.24) is 10.2 Å². The summed E-state index contributed by atoms with van der Waals surface area (Å²) in [4.78, 5) is 2.37. The molecule has 1 rings (SSSR count). The lowest BCUT2D eigenvalue weighted by atomic mass is 10.1. The zero-order valence-corrected chi connectivity index (χ0v) is 14.0. The number of phenolic OH excluding ortho intramolecular Hbond substituents is 1. The fraction of sp³-hybridized carbons (Fsp3) is 0.647. The molecule has 2 N–H and O–H groups in total. The fourth-order valence-electron chi connectivity index (χ4n) is 2.14. The summed E-state index contributed by atoms with van der Waals surface area (Å²) in [7, 11) is 3.74. The SMILES string of the molecule is COc1cc(C(C)NCCCCN(C)C(C)C)ccc1O. The molecule has 4 heteroatoms. The van der Waals surface area contributed by atoms with E-state index < -0.39 is 0 Å². The number of aromatic hydroxyl groups is 1. The van der Waals surface area contributed by atoms with E-state index in [0.717, 1.165) is 25.1 Å². The van der Waals surface area contributed by atoms with E-state index in [9.17, 15) is 5.11 Å². The van der Waals surface area contributed by atoms with Gasteiger partial charge in [-0.2, -0.15) is 0 Å². The van der Waals surface area contributed by atoms with Gasteiger partial charge in [0.15, 0.2) is 11.5 Å². The Balaban J connectivity index is 2.32. The minimum atomic E-state index is 0.185. The van der Waals surface area contributed by atoms with Gasteiger partial charge in [0.25, 0.3) is 0 Å². The van der Waals surface area contributed by atoms with E-state index in [2.05, 4.69) is 38.0 Å². The van der Waals surface area contributed by atoms with E-state index in [4.69, 9.17) is 4.74 Å². The second-order valence-corrected chi connectivity index (χ2v) is 5.89. The largest absolute Gasteiger partial charge is 0.504 e. The maximum Gasteiger partial charge on any atom is 0.160 e. The minimum absolute atomic E-state index is 0.185. The van der Waals surface area contributed by atoms with Gasteiger partial charge in [0.2, 0.25) is 0 Å². The number of hydrogen-bond donors (Lipinski definition) is 2. The molecule has 0 bridgehead atoms. The van der Waals surface area contributed by atoms with Crippen molar-refractivity contribution in [2.45, 2.75) is 45.7 Å². The van der Waals surface area contributed by atoms with Crippen LogP contribution in [-0.4, -0.2) is 43.3 Å². The Morgan fingerprint density at radius 1 is 1.24 bits per heavy atom. The molecule has 0 radical (unpaired) electrons. The predicted molar refractivity (Wildman–Crippen MR) is 88.1 cm³/mol. The number of nitrogens with zero attached hydrogens (tertiary/aromatic N) is 1. The first kappa shape index (κ1) is 17.8. The lowest BCUT2D eigenvalue weighted by molar-refractivity contribution is 0.267. The Morgan fingerprint density at radius 2 is 1.95 bits per heavy atom. The van der Waals surface area contributed by atoms with Gasteiger partial charge in [-0.05, 0) is 71.4 Å². The minimum Gasteiger partial charge on any atom is -0.504 e. The topological polar surface area (TPSA) is 44.7 Å². The summed E-state index contributed by atoms with van der Waals surface area (Å²) in [5.74, 6) is 0.713. The van der Waals surface area contributed by atoms with Crippen LogP contribution >= 0.6 is 0 Å². The number of ether oxygens (including phenoxy) is 1. The summed E-state index contributed by atoms with van der Waals surface area (Å²) in [5, 5.41) is 13.1. The van der Waals surface area contributed by atoms with Crippen molar-refractivity contribution in [3.05, 3.63) is 23.8 Å². The average Bonchev–Trinajstić information content (AvgIpc) is 2.46. The normalized spacial score (nSPS) is 12.9. The van der Waals surface area contributed by atoms with Crippen LogP contribution in [0.25, 0.3) is 0 Å². The fourth-order valence-corrected chi connectivity index (χ4v) is 2.14. The third-order valence-electron chi connectivity index (χ3n) is 3.97. The van der Waals surface area contributed by atoms with Crippen molar-refractivity contribution >= 4 is 0 Å². The quantitative estimate of drug-likeness (QED) is 0.687. The molecule has 0 saturated carbocycles. The van der Waals surface area contributed by atoms with E-state index in [0.29, 0.717) is 11.8 Å². The number of rotatable bonds is 9. The van der Waals surface area contributed by atoms with E-state index in [1.807, 2.05) is 12.1 Å². The van der Waals surface area contributed by atoms with Crippen molar-refractivity contribution in [3.8, 4) is 11.5 Å². The maximum atomic E-state index is 9.61. The van der Waals surface area contributed by atoms with Gasteiger partial charge in [0, 0.05) is 12.1 Å². The van der Waals surface area contributed by atoms with Crippen LogP contribution in [0.1, 0.15) is 45.2 Å². The summed E-state index contributed by atoms with van der Waals surface area (Å²) >= 11 is 0. The van der Waals surface area contributed by atoms with Gasteiger partial charge in [-0.3, -0.25) is 0 Å². The van der Waals surface area contributed by atoms with E-state index in [-0.39, 0.29) is 11.8 Å². The van der Waals surface area contributed by atoms with Crippen molar-refractivity contribution in [2.75, 3.05) is 27.2 Å². The Kier molecular flexibility index (Phi) is 7.54. The Labute approximate surface area is 129 Å². The van der Waals surface area contributed by atoms with Crippen LogP contribution < -0.4 is 10.1 Å². The molecule has 4 nitrogen and oxygen atoms in total. The molecule has 1 aromatic rings. The van der Waals surface area contributed by atoms with Crippen molar-refractivity contribution in [1.29, 1.82) is 0 Å². The van der Waals surface area contributed by atoms with E-state index in [1.165, 1.54) is 6.42 Å². The molecule has 1 unspecified atom stereocenters. The van der Waals surface area contributed by atoms with Crippen LogP contribution in [-0.2, 0) is 0 Å². The summed E-state index contributed by atoms with van der Waals surface area (Å²) < 4.78 is 5.14. The van der Waals surface area contributed by atoms with E-state index >= 15 is 0 Å². The third kappa shape index (κ3) is 5.94. The van der Waals surface area contributed by atoms with Crippen LogP contribution in [0.2, 0.25) is 0 Å². The van der Waals surface area contributed by atoms with Crippen molar-refractivity contribution < 1.29 is 9.84 Å². The second kappa shape index (κ2) is 8.90. The highest BCUT2D eigenvalue weighted by atomic mass is 16.5. The lowest BCUT2D eigenvalue weighted by Crippen LogP contribution is -2.28. The summed E-state index contributed by atoms with van der Waals surface area (Å²) in [6, 6.07) is 6.37. The van der Waals surface area contributed by atoms with Gasteiger partial charge >= 0.3 is 0 Å². The van der Waals surface area contributed by atoms with Gasteiger partial charge in [-0.25, -0.2) is 0 Å². The highest BCUT2D eigenvalue weighted by Gasteiger charge is 2.09. The first-order valence-corrected chi connectivity index (χ1v) is 7.76.